The average Bonchev–Trinajstić information content (AvgIpc) is 2.55. The second kappa shape index (κ2) is 10.8. The van der Waals surface area contributed by atoms with Gasteiger partial charge in [-0.15, -0.1) is 9.35 Å². The molecule has 0 radical (unpaired) electrons. The van der Waals surface area contributed by atoms with Crippen LogP contribution in [-0.4, -0.2) is 10.5 Å². The van der Waals surface area contributed by atoms with Crippen LogP contribution < -0.4 is 4.52 Å². The molecule has 0 atom stereocenters. The Kier molecular flexibility index (Phi) is 9.36. The summed E-state index contributed by atoms with van der Waals surface area (Å²) in [7, 11) is -4.35. The van der Waals surface area contributed by atoms with Crippen LogP contribution in [0.4, 0.5) is 0 Å². The molecule has 0 saturated heterocycles. The van der Waals surface area contributed by atoms with Gasteiger partial charge in [-0.1, -0.05) is 57.6 Å². The molecule has 0 saturated carbocycles. The maximum Gasteiger partial charge on any atom is 0.585 e. The van der Waals surface area contributed by atoms with Crippen LogP contribution in [0.5, 0.6) is 5.75 Å². The van der Waals surface area contributed by atoms with E-state index in [-0.39, 0.29) is 5.75 Å². The van der Waals surface area contributed by atoms with Gasteiger partial charge in [0.2, 0.25) is 0 Å². The molecule has 1 aromatic rings. The predicted molar refractivity (Wildman–Crippen MR) is 83.8 cm³/mol. The van der Waals surface area contributed by atoms with Crippen molar-refractivity contribution in [1.29, 1.82) is 0 Å². The fourth-order valence-electron chi connectivity index (χ4n) is 2.18. The number of unbranched alkanes of at least 4 members (excludes halogenated alkanes) is 6. The lowest BCUT2D eigenvalue weighted by molar-refractivity contribution is -0.221. The van der Waals surface area contributed by atoms with Gasteiger partial charge < -0.3 is 4.52 Å². The van der Waals surface area contributed by atoms with Crippen molar-refractivity contribution in [3.8, 4) is 5.75 Å². The van der Waals surface area contributed by atoms with Crippen LogP contribution in [0.2, 0.25) is 0 Å². The molecule has 126 valence electrons. The lowest BCUT2D eigenvalue weighted by atomic mass is 10.0. The molecule has 0 fully saturated rings. The molecular weight excluding hydrogens is 307 g/mol. The van der Waals surface area contributed by atoms with Crippen molar-refractivity contribution in [2.45, 2.75) is 58.3 Å². The molecule has 0 aromatic heterocycles. The van der Waals surface area contributed by atoms with Gasteiger partial charge >= 0.3 is 7.82 Å². The summed E-state index contributed by atoms with van der Waals surface area (Å²) in [6.45, 7) is 2.21. The number of hydrogen-bond donors (Lipinski definition) is 2. The van der Waals surface area contributed by atoms with Gasteiger partial charge in [0, 0.05) is 0 Å². The summed E-state index contributed by atoms with van der Waals surface area (Å²) in [6.07, 6.45) is 9.80. The first kappa shape index (κ1) is 19.1. The lowest BCUT2D eigenvalue weighted by Gasteiger charge is -2.11. The first-order valence-electron chi connectivity index (χ1n) is 7.68. The molecule has 0 spiro atoms. The van der Waals surface area contributed by atoms with Crippen LogP contribution >= 0.6 is 7.82 Å². The van der Waals surface area contributed by atoms with Crippen molar-refractivity contribution in [3.05, 3.63) is 29.8 Å². The smallest absolute Gasteiger partial charge is 0.401 e. The largest absolute Gasteiger partial charge is 0.585 e. The quantitative estimate of drug-likeness (QED) is 0.229. The Labute approximate surface area is 131 Å². The highest BCUT2D eigenvalue weighted by Gasteiger charge is 2.29. The fraction of sp³-hybridized carbons (Fsp3) is 0.600. The molecule has 2 N–H and O–H groups in total. The van der Waals surface area contributed by atoms with Crippen LogP contribution in [0.15, 0.2) is 24.3 Å². The van der Waals surface area contributed by atoms with Crippen LogP contribution in [0.1, 0.15) is 57.4 Å². The summed E-state index contributed by atoms with van der Waals surface area (Å²) in [6, 6.07) is 6.85. The summed E-state index contributed by atoms with van der Waals surface area (Å²) in [5.74, 6) is 0.176. The Morgan fingerprint density at radius 3 is 2.00 bits per heavy atom. The van der Waals surface area contributed by atoms with E-state index in [2.05, 4.69) is 16.3 Å². The summed E-state index contributed by atoms with van der Waals surface area (Å²) in [4.78, 5) is 0. The van der Waals surface area contributed by atoms with E-state index in [1.807, 2.05) is 12.1 Å². The van der Waals surface area contributed by atoms with Crippen LogP contribution in [0, 0.1) is 0 Å². The van der Waals surface area contributed by atoms with E-state index in [0.717, 1.165) is 18.4 Å². The lowest BCUT2D eigenvalue weighted by Crippen LogP contribution is -1.98. The van der Waals surface area contributed by atoms with Gasteiger partial charge in [-0.3, -0.25) is 0 Å². The van der Waals surface area contributed by atoms with E-state index in [9.17, 15) is 4.57 Å². The summed E-state index contributed by atoms with van der Waals surface area (Å²) >= 11 is 0. The Morgan fingerprint density at radius 1 is 0.909 bits per heavy atom. The van der Waals surface area contributed by atoms with Crippen LogP contribution in [0.25, 0.3) is 0 Å². The van der Waals surface area contributed by atoms with Gasteiger partial charge in [0.05, 0.1) is 0 Å². The summed E-state index contributed by atoms with van der Waals surface area (Å²) in [5.41, 5.74) is 1.14. The number of benzene rings is 1. The second-order valence-electron chi connectivity index (χ2n) is 5.22. The first-order valence-corrected chi connectivity index (χ1v) is 9.14. The van der Waals surface area contributed by atoms with E-state index in [4.69, 9.17) is 15.0 Å². The first-order chi connectivity index (χ1) is 10.6. The third-order valence-electron chi connectivity index (χ3n) is 3.41. The molecule has 1 aromatic carbocycles. The van der Waals surface area contributed by atoms with E-state index >= 15 is 0 Å². The normalized spacial score (nSPS) is 11.6. The molecule has 0 amide bonds. The molecular formula is C15H25O6P. The van der Waals surface area contributed by atoms with Crippen molar-refractivity contribution < 1.29 is 29.0 Å². The number of rotatable bonds is 12. The SMILES string of the molecule is CCCCCCCCCc1ccc(OP(=O)(OO)OO)cc1. The third-order valence-corrected chi connectivity index (χ3v) is 4.24. The van der Waals surface area contributed by atoms with Gasteiger partial charge in [0.15, 0.2) is 0 Å². The topological polar surface area (TPSA) is 85.2 Å². The fourth-order valence-corrected chi connectivity index (χ4v) is 2.66. The van der Waals surface area contributed by atoms with Crippen LogP contribution in [-0.2, 0) is 20.3 Å². The highest BCUT2D eigenvalue weighted by molar-refractivity contribution is 7.48. The van der Waals surface area contributed by atoms with Crippen molar-refractivity contribution in [1.82, 2.24) is 0 Å². The second-order valence-corrected chi connectivity index (χ2v) is 6.62. The molecule has 0 aliphatic carbocycles. The molecule has 6 nitrogen and oxygen atoms in total. The summed E-state index contributed by atoms with van der Waals surface area (Å²) in [5, 5.41) is 16.7. The minimum atomic E-state index is -4.35. The third kappa shape index (κ3) is 7.38. The van der Waals surface area contributed by atoms with Gasteiger partial charge in [-0.2, -0.15) is 0 Å². The van der Waals surface area contributed by atoms with Crippen molar-refractivity contribution in [2.24, 2.45) is 0 Å². The molecule has 7 heteroatoms. The van der Waals surface area contributed by atoms with Crippen LogP contribution in [0.3, 0.4) is 0 Å². The maximum absolute atomic E-state index is 11.4. The Balaban J connectivity index is 2.29. The molecule has 22 heavy (non-hydrogen) atoms. The molecule has 0 heterocycles. The van der Waals surface area contributed by atoms with Crippen molar-refractivity contribution >= 4 is 7.82 Å². The molecule has 0 unspecified atom stereocenters. The zero-order valence-electron chi connectivity index (χ0n) is 12.9. The van der Waals surface area contributed by atoms with Crippen molar-refractivity contribution in [2.75, 3.05) is 0 Å². The maximum atomic E-state index is 11.4. The standard InChI is InChI=1S/C15H25O6P/c1-2-3-4-5-6-7-8-9-14-10-12-15(13-11-14)19-22(18,20-16)21-17/h10-13,16-17H,2-9H2,1H3. The number of hydrogen-bond acceptors (Lipinski definition) is 6. The average molecular weight is 332 g/mol. The Bertz CT molecular complexity index is 440. The van der Waals surface area contributed by atoms with Gasteiger partial charge in [-0.25, -0.2) is 15.1 Å². The highest BCUT2D eigenvalue weighted by atomic mass is 31.2. The molecule has 0 aliphatic heterocycles. The van der Waals surface area contributed by atoms with E-state index in [0.29, 0.717) is 0 Å². The monoisotopic (exact) mass is 332 g/mol. The zero-order valence-corrected chi connectivity index (χ0v) is 13.8. The highest BCUT2D eigenvalue weighted by Crippen LogP contribution is 2.47. The zero-order chi connectivity index (χ0) is 16.3. The Morgan fingerprint density at radius 2 is 1.45 bits per heavy atom. The molecule has 0 aliphatic rings. The predicted octanol–water partition coefficient (Wildman–Crippen LogP) is 5.45. The van der Waals surface area contributed by atoms with E-state index in [1.165, 1.54) is 38.5 Å². The summed E-state index contributed by atoms with van der Waals surface area (Å²) < 4.78 is 23.1. The molecule has 1 rings (SSSR count). The number of aryl methyl sites for hydroxylation is 1. The Hall–Kier alpha value is -0.910. The van der Waals surface area contributed by atoms with E-state index in [1.54, 1.807) is 12.1 Å². The minimum absolute atomic E-state index is 0.176. The minimum Gasteiger partial charge on any atom is -0.401 e. The van der Waals surface area contributed by atoms with Gasteiger partial charge in [0.25, 0.3) is 0 Å². The van der Waals surface area contributed by atoms with Gasteiger partial charge in [-0.05, 0) is 30.5 Å². The number of phosphoric acid groups is 1. The van der Waals surface area contributed by atoms with Crippen molar-refractivity contribution in [3.63, 3.8) is 0 Å². The molecule has 0 bridgehead atoms. The van der Waals surface area contributed by atoms with E-state index < -0.39 is 7.82 Å². The van der Waals surface area contributed by atoms with Gasteiger partial charge in [0.1, 0.15) is 5.75 Å².